The van der Waals surface area contributed by atoms with Crippen molar-refractivity contribution in [3.8, 4) is 17.2 Å². The normalized spacial score (nSPS) is 14.6. The van der Waals surface area contributed by atoms with Crippen LogP contribution in [0.2, 0.25) is 0 Å². The fourth-order valence-electron chi connectivity index (χ4n) is 4.04. The van der Waals surface area contributed by atoms with Crippen molar-refractivity contribution >= 4 is 45.2 Å². The summed E-state index contributed by atoms with van der Waals surface area (Å²) in [6, 6.07) is 17.9. The number of nitrogens with one attached hydrogen (secondary N) is 4. The van der Waals surface area contributed by atoms with E-state index in [1.165, 1.54) is 14.2 Å². The molecule has 0 bridgehead atoms. The molecule has 4 amide bonds. The van der Waals surface area contributed by atoms with Gasteiger partial charge in [0.2, 0.25) is 0 Å². The maximum absolute atomic E-state index is 13.4. The summed E-state index contributed by atoms with van der Waals surface area (Å²) in [5, 5.41) is 11.1. The largest absolute Gasteiger partial charge is 0.495 e. The molecule has 202 valence electrons. The van der Waals surface area contributed by atoms with Crippen LogP contribution in [0.3, 0.4) is 0 Å². The van der Waals surface area contributed by atoms with Gasteiger partial charge < -0.3 is 35.5 Å². The highest BCUT2D eigenvalue weighted by Gasteiger charge is 2.32. The Balaban J connectivity index is 1.53. The summed E-state index contributed by atoms with van der Waals surface area (Å²) in [5.74, 6) is 0.397. The molecule has 0 fully saturated rings. The molecule has 39 heavy (non-hydrogen) atoms. The molecule has 0 saturated carbocycles. The van der Waals surface area contributed by atoms with Crippen LogP contribution < -0.4 is 35.5 Å². The Morgan fingerprint density at radius 1 is 0.923 bits per heavy atom. The van der Waals surface area contributed by atoms with E-state index in [1.54, 1.807) is 61.5 Å². The Labute approximate surface area is 233 Å². The average molecular weight is 595 g/mol. The zero-order valence-corrected chi connectivity index (χ0v) is 23.0. The Morgan fingerprint density at radius 2 is 1.64 bits per heavy atom. The van der Waals surface area contributed by atoms with Gasteiger partial charge in [-0.1, -0.05) is 34.1 Å². The van der Waals surface area contributed by atoms with Crippen molar-refractivity contribution in [2.45, 2.75) is 13.0 Å². The number of urea groups is 1. The number of benzene rings is 3. The Bertz CT molecular complexity index is 1420. The molecule has 0 aromatic heterocycles. The van der Waals surface area contributed by atoms with Crippen LogP contribution in [0, 0.1) is 0 Å². The monoisotopic (exact) mass is 594 g/mol. The van der Waals surface area contributed by atoms with Crippen molar-refractivity contribution in [2.75, 3.05) is 31.5 Å². The number of anilines is 2. The van der Waals surface area contributed by atoms with Crippen LogP contribution in [0.25, 0.3) is 0 Å². The van der Waals surface area contributed by atoms with E-state index in [0.717, 1.165) is 4.47 Å². The van der Waals surface area contributed by atoms with Crippen LogP contribution in [-0.4, -0.2) is 38.7 Å². The van der Waals surface area contributed by atoms with Gasteiger partial charge in [-0.25, -0.2) is 4.79 Å². The number of allylic oxidation sites excluding steroid dienone is 1. The molecule has 1 aliphatic heterocycles. The van der Waals surface area contributed by atoms with Gasteiger partial charge in [0.1, 0.15) is 5.75 Å². The van der Waals surface area contributed by atoms with Crippen LogP contribution >= 0.6 is 15.9 Å². The first kappa shape index (κ1) is 27.5. The van der Waals surface area contributed by atoms with E-state index in [2.05, 4.69) is 37.2 Å². The molecular weight excluding hydrogens is 568 g/mol. The van der Waals surface area contributed by atoms with Gasteiger partial charge in [-0.3, -0.25) is 9.59 Å². The van der Waals surface area contributed by atoms with Gasteiger partial charge in [0.25, 0.3) is 11.8 Å². The summed E-state index contributed by atoms with van der Waals surface area (Å²) in [6.07, 6.45) is 0. The molecule has 3 aromatic carbocycles. The van der Waals surface area contributed by atoms with Gasteiger partial charge in [0.15, 0.2) is 18.1 Å². The number of carbonyl (C=O) groups is 3. The molecule has 4 N–H and O–H groups in total. The number of hydrogen-bond donors (Lipinski definition) is 4. The number of amides is 4. The lowest BCUT2D eigenvalue weighted by molar-refractivity contribution is -0.118. The van der Waals surface area contributed by atoms with Crippen molar-refractivity contribution in [1.82, 2.24) is 10.6 Å². The van der Waals surface area contributed by atoms with Gasteiger partial charge in [-0.05, 0) is 61.0 Å². The first-order chi connectivity index (χ1) is 18.8. The van der Waals surface area contributed by atoms with Crippen LogP contribution in [0.1, 0.15) is 18.5 Å². The Morgan fingerprint density at radius 3 is 2.36 bits per heavy atom. The van der Waals surface area contributed by atoms with E-state index in [1.807, 2.05) is 12.1 Å². The van der Waals surface area contributed by atoms with Crippen molar-refractivity contribution < 1.29 is 28.6 Å². The fourth-order valence-corrected chi connectivity index (χ4v) is 4.30. The lowest BCUT2D eigenvalue weighted by atomic mass is 9.94. The smallest absolute Gasteiger partial charge is 0.319 e. The van der Waals surface area contributed by atoms with E-state index in [9.17, 15) is 14.4 Å². The third kappa shape index (κ3) is 6.68. The summed E-state index contributed by atoms with van der Waals surface area (Å²) in [5.41, 5.74) is 2.42. The topological polar surface area (TPSA) is 127 Å². The third-order valence-corrected chi connectivity index (χ3v) is 6.41. The highest BCUT2D eigenvalue weighted by Crippen LogP contribution is 2.35. The number of hydrogen-bond acceptors (Lipinski definition) is 6. The molecule has 0 spiro atoms. The number of methoxy groups -OCH3 is 2. The molecule has 0 saturated heterocycles. The van der Waals surface area contributed by atoms with E-state index in [0.29, 0.717) is 45.5 Å². The second-order valence-corrected chi connectivity index (χ2v) is 9.39. The molecule has 1 heterocycles. The molecule has 1 aliphatic rings. The van der Waals surface area contributed by atoms with E-state index in [-0.39, 0.29) is 12.5 Å². The quantitative estimate of drug-likeness (QED) is 0.283. The zero-order valence-electron chi connectivity index (χ0n) is 21.5. The molecule has 0 aliphatic carbocycles. The summed E-state index contributed by atoms with van der Waals surface area (Å²) in [7, 11) is 2.98. The molecule has 11 heteroatoms. The van der Waals surface area contributed by atoms with Gasteiger partial charge in [0.05, 0.1) is 31.5 Å². The van der Waals surface area contributed by atoms with Crippen molar-refractivity contribution in [2.24, 2.45) is 0 Å². The van der Waals surface area contributed by atoms with Gasteiger partial charge in [-0.15, -0.1) is 0 Å². The van der Waals surface area contributed by atoms with E-state index >= 15 is 0 Å². The molecule has 3 aromatic rings. The first-order valence-corrected chi connectivity index (χ1v) is 12.7. The van der Waals surface area contributed by atoms with Crippen LogP contribution in [0.4, 0.5) is 16.2 Å². The third-order valence-electron chi connectivity index (χ3n) is 5.88. The SMILES string of the molecule is COc1ccccc1NC(=O)C1=C(C)NC(=O)NC1c1ccc(OCC(=O)Nc2ccc(Br)cc2)c(OC)c1. The number of para-hydroxylation sites is 2. The molecule has 10 nitrogen and oxygen atoms in total. The predicted octanol–water partition coefficient (Wildman–Crippen LogP) is 4.75. The highest BCUT2D eigenvalue weighted by atomic mass is 79.9. The number of halogens is 1. The lowest BCUT2D eigenvalue weighted by Crippen LogP contribution is -2.46. The summed E-state index contributed by atoms with van der Waals surface area (Å²) >= 11 is 3.35. The second-order valence-electron chi connectivity index (χ2n) is 8.48. The number of carbonyl (C=O) groups excluding carboxylic acids is 3. The van der Waals surface area contributed by atoms with Crippen molar-refractivity contribution in [3.63, 3.8) is 0 Å². The van der Waals surface area contributed by atoms with Crippen molar-refractivity contribution in [1.29, 1.82) is 0 Å². The van der Waals surface area contributed by atoms with Crippen molar-refractivity contribution in [3.05, 3.63) is 88.0 Å². The lowest BCUT2D eigenvalue weighted by Gasteiger charge is -2.29. The number of ether oxygens (including phenoxy) is 3. The van der Waals surface area contributed by atoms with Gasteiger partial charge >= 0.3 is 6.03 Å². The van der Waals surface area contributed by atoms with Crippen LogP contribution in [0.15, 0.2) is 82.5 Å². The van der Waals surface area contributed by atoms with Gasteiger partial charge in [0, 0.05) is 15.9 Å². The fraction of sp³-hybridized carbons (Fsp3) is 0.179. The maximum Gasteiger partial charge on any atom is 0.319 e. The highest BCUT2D eigenvalue weighted by molar-refractivity contribution is 9.10. The Hall–Kier alpha value is -4.51. The minimum atomic E-state index is -0.780. The maximum atomic E-state index is 13.4. The summed E-state index contributed by atoms with van der Waals surface area (Å²) < 4.78 is 17.4. The molecule has 1 unspecified atom stereocenters. The minimum absolute atomic E-state index is 0.249. The first-order valence-electron chi connectivity index (χ1n) is 11.9. The molecule has 4 rings (SSSR count). The minimum Gasteiger partial charge on any atom is -0.495 e. The Kier molecular flexibility index (Phi) is 8.72. The summed E-state index contributed by atoms with van der Waals surface area (Å²) in [6.45, 7) is 1.41. The van der Waals surface area contributed by atoms with E-state index < -0.39 is 18.0 Å². The standard InChI is InChI=1S/C28H27BrN4O6/c1-16-25(27(35)32-20-6-4-5-7-21(20)37-2)26(33-28(36)30-16)17-8-13-22(23(14-17)38-3)39-15-24(34)31-19-11-9-18(29)10-12-19/h4-14,26H,15H2,1-3H3,(H,31,34)(H,32,35)(H2,30,33,36). The summed E-state index contributed by atoms with van der Waals surface area (Å²) in [4.78, 5) is 38.1. The molecule has 0 radical (unpaired) electrons. The average Bonchev–Trinajstić information content (AvgIpc) is 2.92. The zero-order chi connectivity index (χ0) is 27.9. The van der Waals surface area contributed by atoms with Crippen LogP contribution in [0.5, 0.6) is 17.2 Å². The van der Waals surface area contributed by atoms with E-state index in [4.69, 9.17) is 14.2 Å². The molecule has 1 atom stereocenters. The molecular formula is C28H27BrN4O6. The number of rotatable bonds is 9. The predicted molar refractivity (Wildman–Crippen MR) is 150 cm³/mol. The second kappa shape index (κ2) is 12.4. The van der Waals surface area contributed by atoms with Crippen LogP contribution in [-0.2, 0) is 9.59 Å². The van der Waals surface area contributed by atoms with Gasteiger partial charge in [-0.2, -0.15) is 0 Å².